The topological polar surface area (TPSA) is 51.6 Å². The molecule has 15 heavy (non-hydrogen) atoms. The molecule has 1 rings (SSSR count). The van der Waals surface area contributed by atoms with E-state index in [-0.39, 0.29) is 6.10 Å². The number of pyridine rings is 1. The first-order valence-electron chi connectivity index (χ1n) is 4.93. The molecule has 4 nitrogen and oxygen atoms in total. The van der Waals surface area contributed by atoms with Crippen LogP contribution in [0.15, 0.2) is 12.3 Å². The molecule has 0 aliphatic carbocycles. The van der Waals surface area contributed by atoms with Crippen molar-refractivity contribution in [1.82, 2.24) is 4.98 Å². The Hall–Kier alpha value is -1.29. The lowest BCUT2D eigenvalue weighted by atomic mass is 10.1. The summed E-state index contributed by atoms with van der Waals surface area (Å²) in [6.45, 7) is 1.76. The van der Waals surface area contributed by atoms with E-state index in [1.165, 1.54) is 0 Å². The normalized spacial score (nSPS) is 12.3. The van der Waals surface area contributed by atoms with Gasteiger partial charge in [0, 0.05) is 6.20 Å². The summed E-state index contributed by atoms with van der Waals surface area (Å²) in [5.74, 6) is 1.32. The summed E-state index contributed by atoms with van der Waals surface area (Å²) in [7, 11) is 3.19. The van der Waals surface area contributed by atoms with Gasteiger partial charge in [0.1, 0.15) is 5.75 Å². The van der Waals surface area contributed by atoms with Gasteiger partial charge < -0.3 is 14.6 Å². The molecular weight excluding hydrogens is 194 g/mol. The fraction of sp³-hybridized carbons (Fsp3) is 0.545. The quantitative estimate of drug-likeness (QED) is 0.800. The molecule has 84 valence electrons. The Bertz CT molecular complexity index is 290. The summed E-state index contributed by atoms with van der Waals surface area (Å²) in [5.41, 5.74) is 0.906. The average Bonchev–Trinajstić information content (AvgIpc) is 2.25. The molecule has 1 aromatic heterocycles. The van der Waals surface area contributed by atoms with Crippen LogP contribution in [0.5, 0.6) is 11.6 Å². The number of methoxy groups -OCH3 is 2. The van der Waals surface area contributed by atoms with Gasteiger partial charge in [0.15, 0.2) is 0 Å². The molecular formula is C11H17NO3. The summed E-state index contributed by atoms with van der Waals surface area (Å²) in [5, 5.41) is 9.24. The Morgan fingerprint density at radius 1 is 1.40 bits per heavy atom. The molecule has 0 aromatic carbocycles. The van der Waals surface area contributed by atoms with Gasteiger partial charge >= 0.3 is 0 Å². The molecule has 0 bridgehead atoms. The van der Waals surface area contributed by atoms with Crippen molar-refractivity contribution < 1.29 is 14.6 Å². The second-order valence-corrected chi connectivity index (χ2v) is 3.39. The summed E-state index contributed by atoms with van der Waals surface area (Å²) >= 11 is 0. The number of ether oxygens (including phenoxy) is 2. The van der Waals surface area contributed by atoms with Gasteiger partial charge in [0.2, 0.25) is 5.88 Å². The molecule has 4 heteroatoms. The minimum Gasteiger partial charge on any atom is -0.496 e. The monoisotopic (exact) mass is 211 g/mol. The largest absolute Gasteiger partial charge is 0.496 e. The maximum atomic E-state index is 9.24. The van der Waals surface area contributed by atoms with E-state index in [1.54, 1.807) is 33.4 Å². The number of hydrogen-bond donors (Lipinski definition) is 1. The summed E-state index contributed by atoms with van der Waals surface area (Å²) in [6.07, 6.45) is 2.67. The number of rotatable bonds is 5. The Morgan fingerprint density at radius 2 is 2.13 bits per heavy atom. The molecule has 0 unspecified atom stereocenters. The van der Waals surface area contributed by atoms with E-state index < -0.39 is 0 Å². The van der Waals surface area contributed by atoms with E-state index in [0.717, 1.165) is 11.3 Å². The molecule has 0 fully saturated rings. The molecule has 1 heterocycles. The van der Waals surface area contributed by atoms with Crippen LogP contribution >= 0.6 is 0 Å². The third kappa shape index (κ3) is 3.09. The minimum absolute atomic E-state index is 0.334. The zero-order chi connectivity index (χ0) is 11.3. The van der Waals surface area contributed by atoms with Gasteiger partial charge in [-0.05, 0) is 25.8 Å². The van der Waals surface area contributed by atoms with Gasteiger partial charge in [-0.25, -0.2) is 4.98 Å². The second kappa shape index (κ2) is 5.56. The second-order valence-electron chi connectivity index (χ2n) is 3.39. The van der Waals surface area contributed by atoms with Crippen LogP contribution in [0, 0.1) is 0 Å². The van der Waals surface area contributed by atoms with Crippen molar-refractivity contribution in [3.63, 3.8) is 0 Å². The highest BCUT2D eigenvalue weighted by Crippen LogP contribution is 2.27. The lowest BCUT2D eigenvalue weighted by molar-refractivity contribution is 0.184. The highest BCUT2D eigenvalue weighted by molar-refractivity contribution is 5.39. The highest BCUT2D eigenvalue weighted by atomic mass is 16.5. The number of aliphatic hydroxyl groups is 1. The Labute approximate surface area is 89.9 Å². The van der Waals surface area contributed by atoms with Crippen molar-refractivity contribution in [1.29, 1.82) is 0 Å². The van der Waals surface area contributed by atoms with E-state index in [1.807, 2.05) is 0 Å². The number of aromatic nitrogens is 1. The molecule has 0 aliphatic heterocycles. The zero-order valence-corrected chi connectivity index (χ0v) is 9.36. The van der Waals surface area contributed by atoms with Gasteiger partial charge in [0.05, 0.1) is 25.9 Å². The van der Waals surface area contributed by atoms with Gasteiger partial charge in [0.25, 0.3) is 0 Å². The number of aliphatic hydroxyl groups excluding tert-OH is 1. The molecule has 0 aliphatic rings. The van der Waals surface area contributed by atoms with Crippen molar-refractivity contribution in [3.8, 4) is 11.6 Å². The summed E-state index contributed by atoms with van der Waals surface area (Å²) < 4.78 is 10.4. The standard InChI is InChI=1S/C11H17NO3/c1-8(13)4-5-9-10(14-2)6-7-12-11(9)15-3/h6-8,13H,4-5H2,1-3H3/t8-/m0/s1. The zero-order valence-electron chi connectivity index (χ0n) is 9.36. The van der Waals surface area contributed by atoms with Crippen molar-refractivity contribution in [2.75, 3.05) is 14.2 Å². The number of nitrogens with zero attached hydrogens (tertiary/aromatic N) is 1. The van der Waals surface area contributed by atoms with Crippen LogP contribution in [0.1, 0.15) is 18.9 Å². The highest BCUT2D eigenvalue weighted by Gasteiger charge is 2.11. The van der Waals surface area contributed by atoms with Crippen molar-refractivity contribution in [3.05, 3.63) is 17.8 Å². The maximum Gasteiger partial charge on any atom is 0.219 e. The molecule has 0 radical (unpaired) electrons. The Balaban J connectivity index is 2.89. The minimum atomic E-state index is -0.334. The van der Waals surface area contributed by atoms with Gasteiger partial charge in [-0.2, -0.15) is 0 Å². The van der Waals surface area contributed by atoms with Crippen LogP contribution in [-0.4, -0.2) is 30.4 Å². The lowest BCUT2D eigenvalue weighted by Gasteiger charge is -2.12. The van der Waals surface area contributed by atoms with E-state index in [0.29, 0.717) is 18.7 Å². The van der Waals surface area contributed by atoms with Gasteiger partial charge in [-0.15, -0.1) is 0 Å². The van der Waals surface area contributed by atoms with Crippen molar-refractivity contribution in [2.24, 2.45) is 0 Å². The average molecular weight is 211 g/mol. The van der Waals surface area contributed by atoms with Crippen LogP contribution in [0.3, 0.4) is 0 Å². The molecule has 0 saturated carbocycles. The van der Waals surface area contributed by atoms with Crippen LogP contribution in [0.4, 0.5) is 0 Å². The number of hydrogen-bond acceptors (Lipinski definition) is 4. The third-order valence-electron chi connectivity index (χ3n) is 2.20. The predicted octanol–water partition coefficient (Wildman–Crippen LogP) is 1.41. The van der Waals surface area contributed by atoms with Crippen LogP contribution in [-0.2, 0) is 6.42 Å². The molecule has 0 saturated heterocycles. The molecule has 1 atom stereocenters. The first-order valence-corrected chi connectivity index (χ1v) is 4.93. The fourth-order valence-corrected chi connectivity index (χ4v) is 1.41. The van der Waals surface area contributed by atoms with E-state index >= 15 is 0 Å². The molecule has 1 aromatic rings. The fourth-order valence-electron chi connectivity index (χ4n) is 1.41. The van der Waals surface area contributed by atoms with Crippen molar-refractivity contribution in [2.45, 2.75) is 25.9 Å². The van der Waals surface area contributed by atoms with Crippen molar-refractivity contribution >= 4 is 0 Å². The Morgan fingerprint density at radius 3 is 2.67 bits per heavy atom. The Kier molecular flexibility index (Phi) is 4.37. The summed E-state index contributed by atoms with van der Waals surface area (Å²) in [6, 6.07) is 1.79. The first-order chi connectivity index (χ1) is 7.19. The van der Waals surface area contributed by atoms with Gasteiger partial charge in [-0.1, -0.05) is 0 Å². The van der Waals surface area contributed by atoms with Crippen LogP contribution < -0.4 is 9.47 Å². The molecule has 0 spiro atoms. The smallest absolute Gasteiger partial charge is 0.219 e. The first kappa shape index (κ1) is 11.8. The van der Waals surface area contributed by atoms with Crippen LogP contribution in [0.25, 0.3) is 0 Å². The van der Waals surface area contributed by atoms with Crippen LogP contribution in [0.2, 0.25) is 0 Å². The SMILES string of the molecule is COc1ccnc(OC)c1CC[C@H](C)O. The van der Waals surface area contributed by atoms with E-state index in [9.17, 15) is 5.11 Å². The van der Waals surface area contributed by atoms with E-state index in [2.05, 4.69) is 4.98 Å². The maximum absolute atomic E-state index is 9.24. The molecule has 0 amide bonds. The lowest BCUT2D eigenvalue weighted by Crippen LogP contribution is -2.05. The van der Waals surface area contributed by atoms with Gasteiger partial charge in [-0.3, -0.25) is 0 Å². The third-order valence-corrected chi connectivity index (χ3v) is 2.20. The van der Waals surface area contributed by atoms with E-state index in [4.69, 9.17) is 9.47 Å². The predicted molar refractivity (Wildman–Crippen MR) is 57.3 cm³/mol. The summed E-state index contributed by atoms with van der Waals surface area (Å²) in [4.78, 5) is 4.10. The molecule has 1 N–H and O–H groups in total.